The van der Waals surface area contributed by atoms with Crippen LogP contribution in [0.15, 0.2) is 30.3 Å². The van der Waals surface area contributed by atoms with Crippen LogP contribution in [0.3, 0.4) is 0 Å². The summed E-state index contributed by atoms with van der Waals surface area (Å²) in [4.78, 5) is 2.97. The Morgan fingerprint density at radius 2 is 2.06 bits per heavy atom. The van der Waals surface area contributed by atoms with E-state index in [0.717, 1.165) is 39.3 Å². The lowest BCUT2D eigenvalue weighted by molar-refractivity contribution is 0.141. The minimum atomic E-state index is 0.138. The SMILES string of the molecule is NC(=S)C(CN1CCCOCC1)c1ccccc1. The summed E-state index contributed by atoms with van der Waals surface area (Å²) in [7, 11) is 0. The van der Waals surface area contributed by atoms with Crippen LogP contribution in [-0.2, 0) is 4.74 Å². The highest BCUT2D eigenvalue weighted by atomic mass is 32.1. The Kier molecular flexibility index (Phi) is 5.11. The molecule has 1 saturated heterocycles. The lowest BCUT2D eigenvalue weighted by atomic mass is 9.98. The topological polar surface area (TPSA) is 38.5 Å². The predicted molar refractivity (Wildman–Crippen MR) is 77.8 cm³/mol. The minimum absolute atomic E-state index is 0.138. The normalized spacial score (nSPS) is 19.1. The van der Waals surface area contributed by atoms with Crippen LogP contribution in [0.1, 0.15) is 17.9 Å². The minimum Gasteiger partial charge on any atom is -0.393 e. The zero-order valence-corrected chi connectivity index (χ0v) is 11.4. The summed E-state index contributed by atoms with van der Waals surface area (Å²) in [6, 6.07) is 10.3. The molecule has 0 amide bonds. The van der Waals surface area contributed by atoms with Gasteiger partial charge in [-0.25, -0.2) is 0 Å². The molecule has 1 atom stereocenters. The average Bonchev–Trinajstić information content (AvgIpc) is 2.65. The van der Waals surface area contributed by atoms with Gasteiger partial charge in [-0.15, -0.1) is 0 Å². The van der Waals surface area contributed by atoms with E-state index in [1.807, 2.05) is 18.2 Å². The van der Waals surface area contributed by atoms with Gasteiger partial charge < -0.3 is 10.5 Å². The Morgan fingerprint density at radius 3 is 2.78 bits per heavy atom. The first-order valence-electron chi connectivity index (χ1n) is 6.42. The first-order valence-corrected chi connectivity index (χ1v) is 6.82. The maximum atomic E-state index is 5.90. The molecule has 1 aromatic rings. The van der Waals surface area contributed by atoms with Crippen molar-refractivity contribution in [1.82, 2.24) is 4.90 Å². The van der Waals surface area contributed by atoms with Crippen LogP contribution in [0.2, 0.25) is 0 Å². The fourth-order valence-electron chi connectivity index (χ4n) is 2.28. The van der Waals surface area contributed by atoms with Crippen molar-refractivity contribution in [3.8, 4) is 0 Å². The van der Waals surface area contributed by atoms with Crippen molar-refractivity contribution >= 4 is 17.2 Å². The number of nitrogens with zero attached hydrogens (tertiary/aromatic N) is 1. The molecule has 0 saturated carbocycles. The summed E-state index contributed by atoms with van der Waals surface area (Å²) in [5.41, 5.74) is 7.10. The molecule has 1 fully saturated rings. The van der Waals surface area contributed by atoms with Crippen molar-refractivity contribution in [3.63, 3.8) is 0 Å². The van der Waals surface area contributed by atoms with Crippen molar-refractivity contribution in [2.75, 3.05) is 32.8 Å². The predicted octanol–water partition coefficient (Wildman–Crippen LogP) is 1.78. The van der Waals surface area contributed by atoms with E-state index >= 15 is 0 Å². The van der Waals surface area contributed by atoms with E-state index in [2.05, 4.69) is 17.0 Å². The lowest BCUT2D eigenvalue weighted by Crippen LogP contribution is -2.35. The van der Waals surface area contributed by atoms with Gasteiger partial charge in [0.1, 0.15) is 0 Å². The number of nitrogens with two attached hydrogens (primary N) is 1. The van der Waals surface area contributed by atoms with Crippen molar-refractivity contribution in [2.45, 2.75) is 12.3 Å². The van der Waals surface area contributed by atoms with Crippen molar-refractivity contribution in [3.05, 3.63) is 35.9 Å². The molecule has 0 aliphatic carbocycles. The second kappa shape index (κ2) is 6.83. The van der Waals surface area contributed by atoms with Crippen molar-refractivity contribution < 1.29 is 4.74 Å². The first-order chi connectivity index (χ1) is 8.77. The number of hydrogen-bond donors (Lipinski definition) is 1. The maximum absolute atomic E-state index is 5.90. The van der Waals surface area contributed by atoms with Crippen LogP contribution in [0.4, 0.5) is 0 Å². The van der Waals surface area contributed by atoms with Crippen LogP contribution in [0.25, 0.3) is 0 Å². The third-order valence-electron chi connectivity index (χ3n) is 3.30. The van der Waals surface area contributed by atoms with Gasteiger partial charge in [0.2, 0.25) is 0 Å². The fourth-order valence-corrected chi connectivity index (χ4v) is 2.49. The average molecular weight is 264 g/mol. The van der Waals surface area contributed by atoms with Gasteiger partial charge in [-0.2, -0.15) is 0 Å². The van der Waals surface area contributed by atoms with E-state index in [4.69, 9.17) is 22.7 Å². The molecule has 0 radical (unpaired) electrons. The van der Waals surface area contributed by atoms with E-state index in [1.54, 1.807) is 0 Å². The molecule has 0 bridgehead atoms. The summed E-state index contributed by atoms with van der Waals surface area (Å²) < 4.78 is 5.47. The number of rotatable bonds is 4. The number of hydrogen-bond acceptors (Lipinski definition) is 3. The molecule has 1 heterocycles. The van der Waals surface area contributed by atoms with E-state index in [1.165, 1.54) is 5.56 Å². The molecular formula is C14H20N2OS. The Balaban J connectivity index is 2.04. The third kappa shape index (κ3) is 3.77. The molecule has 0 aromatic heterocycles. The second-order valence-electron chi connectivity index (χ2n) is 4.63. The molecule has 1 aromatic carbocycles. The molecule has 18 heavy (non-hydrogen) atoms. The molecule has 1 unspecified atom stereocenters. The smallest absolute Gasteiger partial charge is 0.0816 e. The van der Waals surface area contributed by atoms with Crippen molar-refractivity contribution in [1.29, 1.82) is 0 Å². The highest BCUT2D eigenvalue weighted by Gasteiger charge is 2.19. The van der Waals surface area contributed by atoms with Crippen LogP contribution < -0.4 is 5.73 Å². The summed E-state index contributed by atoms with van der Waals surface area (Å²) in [5.74, 6) is 0.138. The molecule has 2 N–H and O–H groups in total. The number of thiocarbonyl (C=S) groups is 1. The quantitative estimate of drug-likeness (QED) is 0.841. The standard InChI is InChI=1S/C14H20N2OS/c15-14(18)13(12-5-2-1-3-6-12)11-16-7-4-9-17-10-8-16/h1-3,5-6,13H,4,7-11H2,(H2,15,18). The second-order valence-corrected chi connectivity index (χ2v) is 5.10. The van der Waals surface area contributed by atoms with Crippen LogP contribution >= 0.6 is 12.2 Å². The molecule has 4 heteroatoms. The Morgan fingerprint density at radius 1 is 1.28 bits per heavy atom. The fraction of sp³-hybridized carbons (Fsp3) is 0.500. The largest absolute Gasteiger partial charge is 0.393 e. The zero-order chi connectivity index (χ0) is 12.8. The molecule has 98 valence electrons. The monoisotopic (exact) mass is 264 g/mol. The highest BCUT2D eigenvalue weighted by Crippen LogP contribution is 2.18. The number of ether oxygens (including phenoxy) is 1. The molecule has 2 rings (SSSR count). The van der Waals surface area contributed by atoms with E-state index in [0.29, 0.717) is 4.99 Å². The summed E-state index contributed by atoms with van der Waals surface area (Å²) in [6.45, 7) is 4.58. The van der Waals surface area contributed by atoms with Gasteiger partial charge in [0.25, 0.3) is 0 Å². The van der Waals surface area contributed by atoms with E-state index in [9.17, 15) is 0 Å². The summed E-state index contributed by atoms with van der Waals surface area (Å²) in [5, 5.41) is 0. The molecule has 3 nitrogen and oxygen atoms in total. The van der Waals surface area contributed by atoms with Gasteiger partial charge in [0.05, 0.1) is 11.6 Å². The van der Waals surface area contributed by atoms with E-state index in [-0.39, 0.29) is 5.92 Å². The zero-order valence-electron chi connectivity index (χ0n) is 10.5. The Labute approximate surface area is 114 Å². The first kappa shape index (κ1) is 13.5. The summed E-state index contributed by atoms with van der Waals surface area (Å²) >= 11 is 5.22. The van der Waals surface area contributed by atoms with Crippen LogP contribution in [-0.4, -0.2) is 42.7 Å². The van der Waals surface area contributed by atoms with Gasteiger partial charge in [0.15, 0.2) is 0 Å². The van der Waals surface area contributed by atoms with Crippen LogP contribution in [0, 0.1) is 0 Å². The van der Waals surface area contributed by atoms with Gasteiger partial charge in [-0.1, -0.05) is 42.5 Å². The maximum Gasteiger partial charge on any atom is 0.0816 e. The van der Waals surface area contributed by atoms with E-state index < -0.39 is 0 Å². The molecular weight excluding hydrogens is 244 g/mol. The van der Waals surface area contributed by atoms with Gasteiger partial charge in [-0.3, -0.25) is 4.90 Å². The lowest BCUT2D eigenvalue weighted by Gasteiger charge is -2.25. The summed E-state index contributed by atoms with van der Waals surface area (Å²) in [6.07, 6.45) is 1.08. The van der Waals surface area contributed by atoms with Gasteiger partial charge in [0, 0.05) is 32.2 Å². The van der Waals surface area contributed by atoms with Gasteiger partial charge in [-0.05, 0) is 12.0 Å². The number of benzene rings is 1. The molecule has 1 aliphatic heterocycles. The molecule has 1 aliphatic rings. The van der Waals surface area contributed by atoms with Crippen LogP contribution in [0.5, 0.6) is 0 Å². The molecule has 0 spiro atoms. The Bertz CT molecular complexity index is 375. The Hall–Kier alpha value is -0.970. The highest BCUT2D eigenvalue weighted by molar-refractivity contribution is 7.80. The van der Waals surface area contributed by atoms with Crippen molar-refractivity contribution in [2.24, 2.45) is 5.73 Å². The van der Waals surface area contributed by atoms with Gasteiger partial charge >= 0.3 is 0 Å². The third-order valence-corrected chi connectivity index (χ3v) is 3.59.